The summed E-state index contributed by atoms with van der Waals surface area (Å²) in [5.74, 6) is -0.434. The Kier molecular flexibility index (Phi) is 3.97. The van der Waals surface area contributed by atoms with E-state index in [1.165, 1.54) is 18.2 Å². The third-order valence-corrected chi connectivity index (χ3v) is 3.61. The summed E-state index contributed by atoms with van der Waals surface area (Å²) in [5, 5.41) is 0. The molecule has 122 valence electrons. The Hall–Kier alpha value is -2.89. The smallest absolute Gasteiger partial charge is 0.416 e. The summed E-state index contributed by atoms with van der Waals surface area (Å²) in [4.78, 5) is 24.3. The summed E-state index contributed by atoms with van der Waals surface area (Å²) in [7, 11) is 0. The lowest BCUT2D eigenvalue weighted by atomic mass is 9.90. The Morgan fingerprint density at radius 3 is 2.12 bits per heavy atom. The van der Waals surface area contributed by atoms with Crippen LogP contribution >= 0.6 is 0 Å². The van der Waals surface area contributed by atoms with Gasteiger partial charge in [0.2, 0.25) is 0 Å². The summed E-state index contributed by atoms with van der Waals surface area (Å²) in [6.45, 7) is -0.190. The number of hydrogen-bond acceptors (Lipinski definition) is 3. The molecule has 0 spiro atoms. The van der Waals surface area contributed by atoms with Crippen molar-refractivity contribution in [2.45, 2.75) is 6.18 Å². The fourth-order valence-corrected chi connectivity index (χ4v) is 2.38. The molecule has 0 aliphatic heterocycles. The number of carbonyl (C=O) groups excluding carboxylic acids is 2. The van der Waals surface area contributed by atoms with Crippen LogP contribution in [0, 0.1) is 0 Å². The number of Topliss-reactive ketones (excluding diaryl/α,β-unsaturated/α-hetero) is 1. The number of fused-ring (bicyclic) bond motifs is 1. The van der Waals surface area contributed by atoms with Crippen molar-refractivity contribution in [3.8, 4) is 5.75 Å². The molecule has 2 aromatic carbocycles. The van der Waals surface area contributed by atoms with Crippen molar-refractivity contribution >= 4 is 11.6 Å². The number of halogens is 3. The molecule has 6 heteroatoms. The maximum Gasteiger partial charge on any atom is 0.416 e. The molecular weight excluding hydrogens is 321 g/mol. The number of alkyl halides is 3. The predicted molar refractivity (Wildman–Crippen MR) is 80.1 cm³/mol. The van der Waals surface area contributed by atoms with Gasteiger partial charge in [0, 0.05) is 16.7 Å². The number of hydrogen-bond donors (Lipinski definition) is 0. The van der Waals surface area contributed by atoms with Gasteiger partial charge in [-0.3, -0.25) is 9.59 Å². The molecule has 24 heavy (non-hydrogen) atoms. The second-order valence-electron chi connectivity index (χ2n) is 5.22. The number of ether oxygens (including phenoxy) is 1. The summed E-state index contributed by atoms with van der Waals surface area (Å²) in [6, 6.07) is 10.6. The Bertz CT molecular complexity index is 833. The number of benzene rings is 2. The molecule has 0 atom stereocenters. The zero-order valence-electron chi connectivity index (χ0n) is 12.3. The van der Waals surface area contributed by atoms with E-state index in [0.717, 1.165) is 12.1 Å². The van der Waals surface area contributed by atoms with Crippen molar-refractivity contribution in [2.24, 2.45) is 0 Å². The molecule has 0 amide bonds. The standard InChI is InChI=1S/C18H11F3O3/c19-18(20,21)12-5-7-13(8-6-12)24-10-11-9-16(22)14-3-1-2-4-15(14)17(11)23/h1-9H,10H2. The Morgan fingerprint density at radius 2 is 1.50 bits per heavy atom. The van der Waals surface area contributed by atoms with Gasteiger partial charge in [0.15, 0.2) is 11.6 Å². The van der Waals surface area contributed by atoms with Crippen LogP contribution in [0.25, 0.3) is 0 Å². The first kappa shape index (κ1) is 16.0. The molecule has 0 radical (unpaired) electrons. The Balaban J connectivity index is 1.74. The molecule has 0 bridgehead atoms. The summed E-state index contributed by atoms with van der Waals surface area (Å²) in [5.41, 5.74) is 0.0160. The molecule has 0 N–H and O–H groups in total. The molecule has 0 heterocycles. The molecule has 1 aliphatic carbocycles. The maximum absolute atomic E-state index is 12.5. The highest BCUT2D eigenvalue weighted by Gasteiger charge is 2.30. The van der Waals surface area contributed by atoms with E-state index in [2.05, 4.69) is 0 Å². The highest BCUT2D eigenvalue weighted by Crippen LogP contribution is 2.30. The quantitative estimate of drug-likeness (QED) is 0.850. The molecule has 1 aliphatic rings. The van der Waals surface area contributed by atoms with Crippen LogP contribution in [-0.2, 0) is 6.18 Å². The van der Waals surface area contributed by atoms with Gasteiger partial charge in [0.1, 0.15) is 12.4 Å². The molecule has 0 unspecified atom stereocenters. The van der Waals surface area contributed by atoms with Crippen molar-refractivity contribution in [3.63, 3.8) is 0 Å². The van der Waals surface area contributed by atoms with Gasteiger partial charge in [-0.15, -0.1) is 0 Å². The van der Waals surface area contributed by atoms with Crippen LogP contribution < -0.4 is 4.74 Å². The monoisotopic (exact) mass is 332 g/mol. The van der Waals surface area contributed by atoms with E-state index in [1.807, 2.05) is 0 Å². The molecule has 0 aromatic heterocycles. The molecular formula is C18H11F3O3. The van der Waals surface area contributed by atoms with E-state index in [9.17, 15) is 22.8 Å². The lowest BCUT2D eigenvalue weighted by Crippen LogP contribution is -2.20. The minimum absolute atomic E-state index is 0.165. The fourth-order valence-electron chi connectivity index (χ4n) is 2.38. The SMILES string of the molecule is O=C1C=C(COc2ccc(C(F)(F)F)cc2)C(=O)c2ccccc21. The molecule has 0 saturated carbocycles. The number of ketones is 2. The predicted octanol–water partition coefficient (Wildman–Crippen LogP) is 4.09. The Morgan fingerprint density at radius 1 is 0.875 bits per heavy atom. The van der Waals surface area contributed by atoms with E-state index < -0.39 is 11.7 Å². The van der Waals surface area contributed by atoms with Gasteiger partial charge in [-0.1, -0.05) is 24.3 Å². The normalized spacial score (nSPS) is 14.2. The number of carbonyl (C=O) groups is 2. The largest absolute Gasteiger partial charge is 0.489 e. The zero-order valence-corrected chi connectivity index (χ0v) is 12.3. The first-order valence-electron chi connectivity index (χ1n) is 7.05. The molecule has 0 fully saturated rings. The molecule has 0 saturated heterocycles. The average Bonchev–Trinajstić information content (AvgIpc) is 2.56. The molecule has 3 nitrogen and oxygen atoms in total. The van der Waals surface area contributed by atoms with Crippen LogP contribution in [0.2, 0.25) is 0 Å². The van der Waals surface area contributed by atoms with Crippen LogP contribution in [0.15, 0.2) is 60.2 Å². The van der Waals surface area contributed by atoms with Gasteiger partial charge in [0.25, 0.3) is 0 Å². The maximum atomic E-state index is 12.5. The van der Waals surface area contributed by atoms with Crippen LogP contribution in [0.5, 0.6) is 5.75 Å². The first-order chi connectivity index (χ1) is 11.4. The van der Waals surface area contributed by atoms with Crippen LogP contribution in [0.4, 0.5) is 13.2 Å². The number of allylic oxidation sites excluding steroid dienone is 1. The van der Waals surface area contributed by atoms with Crippen LogP contribution in [-0.4, -0.2) is 18.2 Å². The highest BCUT2D eigenvalue weighted by atomic mass is 19.4. The van der Waals surface area contributed by atoms with Gasteiger partial charge in [-0.2, -0.15) is 13.2 Å². The van der Waals surface area contributed by atoms with Crippen molar-refractivity contribution < 1.29 is 27.5 Å². The molecule has 2 aromatic rings. The van der Waals surface area contributed by atoms with Crippen LogP contribution in [0.3, 0.4) is 0 Å². The van der Waals surface area contributed by atoms with E-state index in [-0.39, 0.29) is 29.5 Å². The van der Waals surface area contributed by atoms with Gasteiger partial charge in [-0.25, -0.2) is 0 Å². The fraction of sp³-hybridized carbons (Fsp3) is 0.111. The van der Waals surface area contributed by atoms with Gasteiger partial charge in [0.05, 0.1) is 5.56 Å². The van der Waals surface area contributed by atoms with Gasteiger partial charge >= 0.3 is 6.18 Å². The Labute approximate surface area is 135 Å². The zero-order chi connectivity index (χ0) is 17.3. The van der Waals surface area contributed by atoms with Crippen molar-refractivity contribution in [3.05, 3.63) is 76.9 Å². The van der Waals surface area contributed by atoms with Crippen molar-refractivity contribution in [2.75, 3.05) is 6.61 Å². The summed E-state index contributed by atoms with van der Waals surface area (Å²) < 4.78 is 42.8. The minimum atomic E-state index is -4.42. The van der Waals surface area contributed by atoms with E-state index >= 15 is 0 Å². The van der Waals surface area contributed by atoms with Gasteiger partial charge < -0.3 is 4.74 Å². The van der Waals surface area contributed by atoms with E-state index in [4.69, 9.17) is 4.74 Å². The summed E-state index contributed by atoms with van der Waals surface area (Å²) >= 11 is 0. The third-order valence-electron chi connectivity index (χ3n) is 3.61. The van der Waals surface area contributed by atoms with E-state index in [0.29, 0.717) is 11.1 Å². The topological polar surface area (TPSA) is 43.4 Å². The lowest BCUT2D eigenvalue weighted by Gasteiger charge is -2.15. The molecule has 3 rings (SSSR count). The summed E-state index contributed by atoms with van der Waals surface area (Å²) in [6.07, 6.45) is -3.22. The average molecular weight is 332 g/mol. The van der Waals surface area contributed by atoms with E-state index in [1.54, 1.807) is 24.3 Å². The third kappa shape index (κ3) is 3.08. The number of rotatable bonds is 3. The van der Waals surface area contributed by atoms with Crippen LogP contribution in [0.1, 0.15) is 26.3 Å². The lowest BCUT2D eigenvalue weighted by molar-refractivity contribution is -0.137. The van der Waals surface area contributed by atoms with Crippen molar-refractivity contribution in [1.29, 1.82) is 0 Å². The first-order valence-corrected chi connectivity index (χ1v) is 7.05. The second kappa shape index (κ2) is 5.96. The van der Waals surface area contributed by atoms with Crippen molar-refractivity contribution in [1.82, 2.24) is 0 Å². The highest BCUT2D eigenvalue weighted by molar-refractivity contribution is 6.24. The minimum Gasteiger partial charge on any atom is -0.489 e. The second-order valence-corrected chi connectivity index (χ2v) is 5.22. The van der Waals surface area contributed by atoms with Gasteiger partial charge in [-0.05, 0) is 30.3 Å².